The van der Waals surface area contributed by atoms with Crippen molar-refractivity contribution in [3.05, 3.63) is 23.8 Å². The van der Waals surface area contributed by atoms with Crippen molar-refractivity contribution in [1.82, 2.24) is 9.80 Å². The van der Waals surface area contributed by atoms with Gasteiger partial charge in [-0.2, -0.15) is 0 Å². The minimum absolute atomic E-state index is 0.154. The molecule has 49 heavy (non-hydrogen) atoms. The summed E-state index contributed by atoms with van der Waals surface area (Å²) in [5.74, 6) is 1.45. The van der Waals surface area contributed by atoms with Crippen molar-refractivity contribution in [2.24, 2.45) is 0 Å². The molecule has 7 heteroatoms. The fraction of sp³-hybridized carbons (Fsp3) is 0.833. The van der Waals surface area contributed by atoms with Crippen molar-refractivity contribution in [1.29, 1.82) is 0 Å². The van der Waals surface area contributed by atoms with Crippen LogP contribution in [-0.4, -0.2) is 80.0 Å². The fourth-order valence-corrected chi connectivity index (χ4v) is 6.68. The molecule has 0 amide bonds. The third kappa shape index (κ3) is 24.1. The predicted molar refractivity (Wildman–Crippen MR) is 205 cm³/mol. The van der Waals surface area contributed by atoms with Crippen molar-refractivity contribution in [3.63, 3.8) is 0 Å². The molecule has 0 aromatic heterocycles. The molecule has 1 fully saturated rings. The molecule has 0 aliphatic carbocycles. The van der Waals surface area contributed by atoms with Crippen LogP contribution >= 0.6 is 0 Å². The zero-order chi connectivity index (χ0) is 35.0. The van der Waals surface area contributed by atoms with Crippen LogP contribution in [0.5, 0.6) is 11.5 Å². The number of aliphatic hydroxyl groups excluding tert-OH is 1. The molecular formula is C42H76N2O5. The lowest BCUT2D eigenvalue weighted by Gasteiger charge is -2.34. The number of unbranched alkanes of at least 4 members (excludes halogenated alkanes) is 19. The zero-order valence-electron chi connectivity index (χ0n) is 32.0. The predicted octanol–water partition coefficient (Wildman–Crippen LogP) is 10.1. The molecule has 0 atom stereocenters. The Labute approximate surface area is 301 Å². The molecule has 1 aliphatic heterocycles. The van der Waals surface area contributed by atoms with Gasteiger partial charge in [-0.15, -0.1) is 0 Å². The first-order valence-electron chi connectivity index (χ1n) is 20.7. The van der Waals surface area contributed by atoms with E-state index in [4.69, 9.17) is 19.3 Å². The molecule has 1 aliphatic rings. The number of ether oxygens (including phenoxy) is 3. The van der Waals surface area contributed by atoms with Gasteiger partial charge < -0.3 is 24.2 Å². The lowest BCUT2D eigenvalue weighted by atomic mass is 10.0. The van der Waals surface area contributed by atoms with Crippen molar-refractivity contribution in [3.8, 4) is 11.5 Å². The van der Waals surface area contributed by atoms with Crippen LogP contribution in [0.25, 0.3) is 0 Å². The van der Waals surface area contributed by atoms with Gasteiger partial charge in [0.25, 0.3) is 0 Å². The largest absolute Gasteiger partial charge is 0.493 e. The van der Waals surface area contributed by atoms with E-state index >= 15 is 0 Å². The van der Waals surface area contributed by atoms with Gasteiger partial charge in [0.1, 0.15) is 18.1 Å². The molecule has 0 spiro atoms. The van der Waals surface area contributed by atoms with Gasteiger partial charge in [0.2, 0.25) is 0 Å². The highest BCUT2D eigenvalue weighted by atomic mass is 16.5. The summed E-state index contributed by atoms with van der Waals surface area (Å²) in [5, 5.41) is 9.14. The maximum Gasteiger partial charge on any atom is 0.306 e. The van der Waals surface area contributed by atoms with Gasteiger partial charge in [0.15, 0.2) is 0 Å². The first-order chi connectivity index (χ1) is 24.1. The molecular weight excluding hydrogens is 612 g/mol. The number of piperazine rings is 1. The summed E-state index contributed by atoms with van der Waals surface area (Å²) in [5.41, 5.74) is 0.919. The Bertz CT molecular complexity index is 905. The third-order valence-corrected chi connectivity index (χ3v) is 9.86. The SMILES string of the molecule is CCCCCCCCCCCCCCCOc1cc(COC(=O)CCCN2CCN(CCO)CC2)cc(OCCCCCCCCCC)c1. The third-order valence-electron chi connectivity index (χ3n) is 9.86. The number of carbonyl (C=O) groups excluding carboxylic acids is 1. The van der Waals surface area contributed by atoms with Crippen molar-refractivity contribution >= 4 is 5.97 Å². The maximum absolute atomic E-state index is 12.6. The lowest BCUT2D eigenvalue weighted by molar-refractivity contribution is -0.145. The van der Waals surface area contributed by atoms with E-state index in [0.717, 1.165) is 75.6 Å². The monoisotopic (exact) mass is 689 g/mol. The van der Waals surface area contributed by atoms with E-state index in [0.29, 0.717) is 19.6 Å². The standard InChI is InChI=1S/C42H76N2O5/c1-3-5-7-9-11-13-14-15-16-17-19-21-23-34-48-41-36-39(35-40(37-41)47-33-22-20-18-12-10-8-6-4-2)38-49-42(46)25-24-26-43-27-29-44(30-28-43)31-32-45/h35-37,45H,3-34,38H2,1-2H3. The number of benzene rings is 1. The van der Waals surface area contributed by atoms with Crippen molar-refractivity contribution in [2.75, 3.05) is 59.1 Å². The van der Waals surface area contributed by atoms with Crippen LogP contribution in [0.4, 0.5) is 0 Å². The highest BCUT2D eigenvalue weighted by Crippen LogP contribution is 2.25. The van der Waals surface area contributed by atoms with Crippen molar-refractivity contribution < 1.29 is 24.1 Å². The molecule has 1 aromatic carbocycles. The zero-order valence-corrected chi connectivity index (χ0v) is 32.0. The summed E-state index contributed by atoms with van der Waals surface area (Å²) in [6.07, 6.45) is 28.8. The van der Waals surface area contributed by atoms with E-state index < -0.39 is 0 Å². The number of rotatable bonds is 33. The summed E-state index contributed by atoms with van der Waals surface area (Å²) < 4.78 is 18.1. The van der Waals surface area contributed by atoms with E-state index in [1.54, 1.807) is 0 Å². The highest BCUT2D eigenvalue weighted by Gasteiger charge is 2.16. The Balaban J connectivity index is 1.69. The van der Waals surface area contributed by atoms with E-state index in [2.05, 4.69) is 23.6 Å². The van der Waals surface area contributed by atoms with Crippen LogP contribution in [-0.2, 0) is 16.1 Å². The molecule has 1 saturated heterocycles. The summed E-state index contributed by atoms with van der Waals surface area (Å²) >= 11 is 0. The fourth-order valence-electron chi connectivity index (χ4n) is 6.68. The smallest absolute Gasteiger partial charge is 0.306 e. The number of hydrogen-bond acceptors (Lipinski definition) is 7. The second-order valence-corrected chi connectivity index (χ2v) is 14.4. The van der Waals surface area contributed by atoms with Gasteiger partial charge in [0, 0.05) is 45.2 Å². The van der Waals surface area contributed by atoms with Gasteiger partial charge in [-0.05, 0) is 43.5 Å². The number of β-amino-alcohol motifs (C(OH)–C–C–N with tert-alkyl or cyclic N) is 1. The minimum atomic E-state index is -0.154. The molecule has 2 rings (SSSR count). The molecule has 0 unspecified atom stereocenters. The Morgan fingerprint density at radius 1 is 0.571 bits per heavy atom. The Morgan fingerprint density at radius 2 is 0.980 bits per heavy atom. The topological polar surface area (TPSA) is 71.5 Å². The number of esters is 1. The highest BCUT2D eigenvalue weighted by molar-refractivity contribution is 5.69. The molecule has 0 saturated carbocycles. The van der Waals surface area contributed by atoms with Crippen LogP contribution < -0.4 is 9.47 Å². The first kappa shape index (κ1) is 43.3. The normalized spacial score (nSPS) is 13.9. The Morgan fingerprint density at radius 3 is 1.41 bits per heavy atom. The Hall–Kier alpha value is -1.83. The van der Waals surface area contributed by atoms with Crippen LogP contribution in [0.3, 0.4) is 0 Å². The molecule has 1 heterocycles. The molecule has 0 radical (unpaired) electrons. The van der Waals surface area contributed by atoms with Gasteiger partial charge in [0.05, 0.1) is 19.8 Å². The van der Waals surface area contributed by atoms with Gasteiger partial charge in [-0.25, -0.2) is 0 Å². The average molecular weight is 689 g/mol. The van der Waals surface area contributed by atoms with E-state index in [1.807, 2.05) is 18.2 Å². The molecule has 0 bridgehead atoms. The quantitative estimate of drug-likeness (QED) is 0.0582. The summed E-state index contributed by atoms with van der Waals surface area (Å²) in [6, 6.07) is 6.01. The average Bonchev–Trinajstić information content (AvgIpc) is 3.11. The van der Waals surface area contributed by atoms with Crippen molar-refractivity contribution in [2.45, 2.75) is 168 Å². The van der Waals surface area contributed by atoms with Gasteiger partial charge >= 0.3 is 5.97 Å². The van der Waals surface area contributed by atoms with Crippen LogP contribution in [0.1, 0.15) is 167 Å². The van der Waals surface area contributed by atoms with E-state index in [9.17, 15) is 4.79 Å². The molecule has 1 N–H and O–H groups in total. The number of carbonyl (C=O) groups is 1. The summed E-state index contributed by atoms with van der Waals surface area (Å²) in [7, 11) is 0. The number of hydrogen-bond donors (Lipinski definition) is 1. The molecule has 7 nitrogen and oxygen atoms in total. The second kappa shape index (κ2) is 30.9. The van der Waals surface area contributed by atoms with Crippen LogP contribution in [0.15, 0.2) is 18.2 Å². The molecule has 284 valence electrons. The lowest BCUT2D eigenvalue weighted by Crippen LogP contribution is -2.47. The maximum atomic E-state index is 12.6. The van der Waals surface area contributed by atoms with Gasteiger partial charge in [-0.1, -0.05) is 136 Å². The van der Waals surface area contributed by atoms with E-state index in [-0.39, 0.29) is 19.2 Å². The van der Waals surface area contributed by atoms with Crippen LogP contribution in [0.2, 0.25) is 0 Å². The minimum Gasteiger partial charge on any atom is -0.493 e. The second-order valence-electron chi connectivity index (χ2n) is 14.4. The Kier molecular flexibility index (Phi) is 27.4. The number of nitrogens with zero attached hydrogens (tertiary/aromatic N) is 2. The first-order valence-corrected chi connectivity index (χ1v) is 20.7. The van der Waals surface area contributed by atoms with Crippen LogP contribution in [0, 0.1) is 0 Å². The van der Waals surface area contributed by atoms with Gasteiger partial charge in [-0.3, -0.25) is 9.69 Å². The summed E-state index contributed by atoms with van der Waals surface area (Å²) in [6.45, 7) is 12.0. The summed E-state index contributed by atoms with van der Waals surface area (Å²) in [4.78, 5) is 17.3. The van der Waals surface area contributed by atoms with E-state index in [1.165, 1.54) is 122 Å². The molecule has 1 aromatic rings. The number of aliphatic hydroxyl groups is 1.